The quantitative estimate of drug-likeness (QED) is 0.532. The number of carbonyl (C=O) groups is 3. The van der Waals surface area contributed by atoms with Crippen LogP contribution in [0.1, 0.15) is 16.2 Å². The number of carbonyl (C=O) groups excluding carboxylic acids is 3. The molecule has 3 N–H and O–H groups in total. The third-order valence-corrected chi connectivity index (χ3v) is 4.34. The van der Waals surface area contributed by atoms with Gasteiger partial charge in [0.15, 0.2) is 11.2 Å². The molecule has 0 spiro atoms. The van der Waals surface area contributed by atoms with E-state index in [4.69, 9.17) is 0 Å². The second-order valence-corrected chi connectivity index (χ2v) is 6.21. The van der Waals surface area contributed by atoms with E-state index in [9.17, 15) is 18.8 Å². The number of amides is 4. The molecule has 146 valence electrons. The van der Waals surface area contributed by atoms with Gasteiger partial charge in [-0.1, -0.05) is 6.07 Å². The predicted octanol–water partition coefficient (Wildman–Crippen LogP) is 0.266. The Morgan fingerprint density at radius 1 is 1.17 bits per heavy atom. The Morgan fingerprint density at radius 2 is 1.97 bits per heavy atom. The smallest absolute Gasteiger partial charge is 0.322 e. The van der Waals surface area contributed by atoms with Crippen molar-refractivity contribution in [3.05, 3.63) is 72.1 Å². The molecule has 4 amide bonds. The van der Waals surface area contributed by atoms with Gasteiger partial charge >= 0.3 is 6.03 Å². The van der Waals surface area contributed by atoms with E-state index >= 15 is 0 Å². The maximum absolute atomic E-state index is 13.0. The maximum atomic E-state index is 13.0. The van der Waals surface area contributed by atoms with Gasteiger partial charge in [-0.2, -0.15) is 9.90 Å². The Kier molecular flexibility index (Phi) is 4.47. The van der Waals surface area contributed by atoms with Crippen LogP contribution < -0.4 is 16.0 Å². The van der Waals surface area contributed by atoms with E-state index < -0.39 is 29.2 Å². The number of benzene rings is 1. The predicted molar refractivity (Wildman–Crippen MR) is 96.2 cm³/mol. The van der Waals surface area contributed by atoms with Gasteiger partial charge in [0.1, 0.15) is 5.82 Å². The zero-order valence-corrected chi connectivity index (χ0v) is 14.8. The number of imide groups is 1. The second kappa shape index (κ2) is 7.11. The average molecular weight is 395 g/mol. The number of hydrogen-bond donors (Lipinski definition) is 3. The topological polar surface area (TPSA) is 131 Å². The Morgan fingerprint density at radius 3 is 2.62 bits per heavy atom. The van der Waals surface area contributed by atoms with Crippen molar-refractivity contribution >= 4 is 17.8 Å². The zero-order chi connectivity index (χ0) is 20.4. The molecular weight excluding hydrogens is 381 g/mol. The Hall–Kier alpha value is -4.15. The first-order chi connectivity index (χ1) is 14.0. The van der Waals surface area contributed by atoms with Crippen LogP contribution in [0.4, 0.5) is 9.18 Å². The molecule has 4 rings (SSSR count). The molecule has 1 saturated heterocycles. The van der Waals surface area contributed by atoms with Crippen molar-refractivity contribution in [3.8, 4) is 5.69 Å². The molecule has 0 aliphatic carbocycles. The van der Waals surface area contributed by atoms with Crippen LogP contribution in [0.15, 0.2) is 54.9 Å². The number of aromatic nitrogens is 4. The molecule has 1 aliphatic heterocycles. The van der Waals surface area contributed by atoms with Crippen molar-refractivity contribution < 1.29 is 18.8 Å². The molecule has 0 bridgehead atoms. The number of rotatable bonds is 5. The van der Waals surface area contributed by atoms with E-state index in [1.165, 1.54) is 41.5 Å². The molecule has 3 aromatic rings. The second-order valence-electron chi connectivity index (χ2n) is 6.21. The Balaban J connectivity index is 1.53. The number of nitrogens with one attached hydrogen (secondary N) is 3. The highest BCUT2D eigenvalue weighted by atomic mass is 19.1. The molecule has 1 aromatic carbocycles. The lowest BCUT2D eigenvalue weighted by Gasteiger charge is -2.25. The van der Waals surface area contributed by atoms with Crippen LogP contribution >= 0.6 is 0 Å². The van der Waals surface area contributed by atoms with Gasteiger partial charge in [0.2, 0.25) is 0 Å². The number of urea groups is 1. The minimum atomic E-state index is -1.54. The molecule has 3 heterocycles. The molecule has 0 radical (unpaired) electrons. The van der Waals surface area contributed by atoms with Gasteiger partial charge in [-0.25, -0.2) is 9.18 Å². The van der Waals surface area contributed by atoms with Crippen LogP contribution in [0.5, 0.6) is 0 Å². The van der Waals surface area contributed by atoms with E-state index in [0.717, 1.165) is 0 Å². The summed E-state index contributed by atoms with van der Waals surface area (Å²) in [5, 5.41) is 15.3. The van der Waals surface area contributed by atoms with E-state index in [0.29, 0.717) is 5.69 Å². The van der Waals surface area contributed by atoms with Crippen LogP contribution in [0.25, 0.3) is 5.69 Å². The van der Waals surface area contributed by atoms with Crippen LogP contribution in [0.3, 0.4) is 0 Å². The first-order valence-electron chi connectivity index (χ1n) is 8.49. The van der Waals surface area contributed by atoms with Crippen LogP contribution in [-0.2, 0) is 10.3 Å². The molecule has 0 saturated carbocycles. The monoisotopic (exact) mass is 395 g/mol. The van der Waals surface area contributed by atoms with E-state index in [1.807, 2.05) is 0 Å². The minimum Gasteiger partial charge on any atom is -0.347 e. The fourth-order valence-corrected chi connectivity index (χ4v) is 2.87. The van der Waals surface area contributed by atoms with Crippen molar-refractivity contribution in [2.75, 3.05) is 6.54 Å². The summed E-state index contributed by atoms with van der Waals surface area (Å²) in [4.78, 5) is 41.9. The number of hydrogen-bond acceptors (Lipinski definition) is 6. The lowest BCUT2D eigenvalue weighted by molar-refractivity contribution is -0.124. The summed E-state index contributed by atoms with van der Waals surface area (Å²) < 4.78 is 13.0. The van der Waals surface area contributed by atoms with E-state index in [2.05, 4.69) is 31.1 Å². The highest BCUT2D eigenvalue weighted by molar-refractivity contribution is 6.07. The molecule has 29 heavy (non-hydrogen) atoms. The fourth-order valence-electron chi connectivity index (χ4n) is 2.87. The maximum Gasteiger partial charge on any atom is 0.322 e. The third-order valence-electron chi connectivity index (χ3n) is 4.34. The molecule has 1 aliphatic rings. The molecule has 2 aromatic heterocycles. The first kappa shape index (κ1) is 18.2. The third kappa shape index (κ3) is 3.40. The Labute approximate surface area is 163 Å². The SMILES string of the molecule is O=C1NC(=O)C(CNC(=O)c2cnn(-c3ccc(F)cc3)n2)(c2ccccn2)N1. The summed E-state index contributed by atoms with van der Waals surface area (Å²) in [6, 6.07) is 9.64. The molecule has 10 nitrogen and oxygen atoms in total. The first-order valence-corrected chi connectivity index (χ1v) is 8.49. The van der Waals surface area contributed by atoms with E-state index in [-0.39, 0.29) is 17.9 Å². The number of pyridine rings is 1. The summed E-state index contributed by atoms with van der Waals surface area (Å²) in [5.41, 5.74) is -0.812. The van der Waals surface area contributed by atoms with Crippen molar-refractivity contribution in [3.63, 3.8) is 0 Å². The summed E-state index contributed by atoms with van der Waals surface area (Å²) >= 11 is 0. The molecule has 1 fully saturated rings. The lowest BCUT2D eigenvalue weighted by atomic mass is 9.94. The lowest BCUT2D eigenvalue weighted by Crippen LogP contribution is -2.53. The van der Waals surface area contributed by atoms with Gasteiger partial charge in [0.25, 0.3) is 11.8 Å². The summed E-state index contributed by atoms with van der Waals surface area (Å²) in [7, 11) is 0. The van der Waals surface area contributed by atoms with Gasteiger partial charge in [-0.15, -0.1) is 5.10 Å². The average Bonchev–Trinajstić information content (AvgIpc) is 3.32. The van der Waals surface area contributed by atoms with Crippen molar-refractivity contribution in [1.82, 2.24) is 35.9 Å². The number of halogens is 1. The molecule has 11 heteroatoms. The van der Waals surface area contributed by atoms with Crippen LogP contribution in [0.2, 0.25) is 0 Å². The molecular formula is C18H14FN7O3. The van der Waals surface area contributed by atoms with Gasteiger partial charge in [0, 0.05) is 6.20 Å². The fraction of sp³-hybridized carbons (Fsp3) is 0.111. The normalized spacial score (nSPS) is 18.2. The van der Waals surface area contributed by atoms with Crippen molar-refractivity contribution in [2.24, 2.45) is 0 Å². The summed E-state index contributed by atoms with van der Waals surface area (Å²) in [5.74, 6) is -1.64. The van der Waals surface area contributed by atoms with Gasteiger partial charge in [0.05, 0.1) is 24.1 Å². The standard InChI is InChI=1S/C18H14FN7O3/c19-11-4-6-12(7-5-11)26-22-9-13(25-26)15(27)21-10-18(14-3-1-2-8-20-14)16(28)23-17(29)24-18/h1-9H,10H2,(H,21,27)(H2,23,24,28,29). The van der Waals surface area contributed by atoms with E-state index in [1.54, 1.807) is 18.2 Å². The van der Waals surface area contributed by atoms with Gasteiger partial charge < -0.3 is 10.6 Å². The van der Waals surface area contributed by atoms with Crippen molar-refractivity contribution in [2.45, 2.75) is 5.54 Å². The minimum absolute atomic E-state index is 0.0183. The molecule has 1 atom stereocenters. The Bertz CT molecular complexity index is 1080. The number of nitrogens with zero attached hydrogens (tertiary/aromatic N) is 4. The highest BCUT2D eigenvalue weighted by Crippen LogP contribution is 2.22. The van der Waals surface area contributed by atoms with Crippen LogP contribution in [0, 0.1) is 5.82 Å². The highest BCUT2D eigenvalue weighted by Gasteiger charge is 2.49. The summed E-state index contributed by atoms with van der Waals surface area (Å²) in [6.07, 6.45) is 2.71. The van der Waals surface area contributed by atoms with Gasteiger partial charge in [-0.3, -0.25) is 19.9 Å². The van der Waals surface area contributed by atoms with Gasteiger partial charge in [-0.05, 0) is 36.4 Å². The van der Waals surface area contributed by atoms with Crippen molar-refractivity contribution in [1.29, 1.82) is 0 Å². The van der Waals surface area contributed by atoms with Crippen LogP contribution in [-0.4, -0.2) is 44.4 Å². The largest absolute Gasteiger partial charge is 0.347 e. The molecule has 1 unspecified atom stereocenters. The zero-order valence-electron chi connectivity index (χ0n) is 14.8. The summed E-state index contributed by atoms with van der Waals surface area (Å²) in [6.45, 7) is -0.246.